The predicted molar refractivity (Wildman–Crippen MR) is 50.9 cm³/mol. The Labute approximate surface area is 76.0 Å². The fourth-order valence-electron chi connectivity index (χ4n) is 1.04. The second kappa shape index (κ2) is 4.19. The number of carbonyl (C=O) groups excluding carboxylic acids is 1. The predicted octanol–water partition coefficient (Wildman–Crippen LogP) is 2.84. The van der Waals surface area contributed by atoms with E-state index in [0.717, 1.165) is 23.4 Å². The normalized spacial score (nSPS) is 9.50. The fraction of sp³-hybridized carbons (Fsp3) is 0.444. The lowest BCUT2D eigenvalue weighted by atomic mass is 10.2. The van der Waals surface area contributed by atoms with Crippen LogP contribution in [0.1, 0.15) is 24.3 Å². The maximum Gasteiger partial charge on any atom is 0.241 e. The van der Waals surface area contributed by atoms with Crippen molar-refractivity contribution in [3.8, 4) is 0 Å². The summed E-state index contributed by atoms with van der Waals surface area (Å²) in [6.45, 7) is 4.16. The van der Waals surface area contributed by atoms with Gasteiger partial charge in [-0.1, -0.05) is 13.8 Å². The van der Waals surface area contributed by atoms with Gasteiger partial charge in [-0.15, -0.1) is 11.3 Å². The quantitative estimate of drug-likeness (QED) is 0.520. The van der Waals surface area contributed by atoms with Gasteiger partial charge in [-0.05, 0) is 24.5 Å². The zero-order chi connectivity index (χ0) is 8.97. The van der Waals surface area contributed by atoms with Gasteiger partial charge in [-0.3, -0.25) is 0 Å². The molecule has 1 aromatic rings. The Kier molecular flexibility index (Phi) is 3.20. The van der Waals surface area contributed by atoms with Crippen LogP contribution in [0, 0.1) is 0 Å². The molecule has 0 aromatic carbocycles. The lowest BCUT2D eigenvalue weighted by Crippen LogP contribution is -1.73. The van der Waals surface area contributed by atoms with Gasteiger partial charge in [-0.2, -0.15) is 4.99 Å². The molecule has 3 heteroatoms. The van der Waals surface area contributed by atoms with Crippen LogP contribution in [0.3, 0.4) is 0 Å². The Balaban J connectivity index is 3.07. The van der Waals surface area contributed by atoms with E-state index in [-0.39, 0.29) is 0 Å². The van der Waals surface area contributed by atoms with E-state index in [1.807, 2.05) is 0 Å². The largest absolute Gasteiger partial charge is 0.241 e. The summed E-state index contributed by atoms with van der Waals surface area (Å²) in [5, 5.41) is 0.823. The first kappa shape index (κ1) is 9.17. The molecule has 0 aliphatic carbocycles. The molecule has 0 unspecified atom stereocenters. The minimum absolute atomic E-state index is 0.823. The Morgan fingerprint density at radius 1 is 1.50 bits per heavy atom. The SMILES string of the molecule is CCc1cc(CC)c(N=C=O)s1. The molecule has 0 aliphatic heterocycles. The molecule has 0 saturated carbocycles. The van der Waals surface area contributed by atoms with E-state index in [1.165, 1.54) is 4.88 Å². The molecule has 1 heterocycles. The third-order valence-electron chi connectivity index (χ3n) is 1.71. The van der Waals surface area contributed by atoms with Crippen LogP contribution in [0.5, 0.6) is 0 Å². The molecule has 1 rings (SSSR count). The molecule has 1 aromatic heterocycles. The highest BCUT2D eigenvalue weighted by Gasteiger charge is 2.04. The first-order valence-electron chi connectivity index (χ1n) is 4.01. The van der Waals surface area contributed by atoms with Crippen molar-refractivity contribution in [2.75, 3.05) is 0 Å². The first-order valence-corrected chi connectivity index (χ1v) is 4.82. The Morgan fingerprint density at radius 3 is 2.75 bits per heavy atom. The lowest BCUT2D eigenvalue weighted by Gasteiger charge is -1.87. The smallest absolute Gasteiger partial charge is 0.211 e. The fourth-order valence-corrected chi connectivity index (χ4v) is 2.05. The summed E-state index contributed by atoms with van der Waals surface area (Å²) < 4.78 is 0. The number of thiophene rings is 1. The van der Waals surface area contributed by atoms with E-state index in [2.05, 4.69) is 24.9 Å². The molecule has 0 fully saturated rings. The van der Waals surface area contributed by atoms with Crippen molar-refractivity contribution in [2.24, 2.45) is 4.99 Å². The summed E-state index contributed by atoms with van der Waals surface area (Å²) in [5.74, 6) is 0. The molecule has 0 radical (unpaired) electrons. The van der Waals surface area contributed by atoms with Gasteiger partial charge >= 0.3 is 0 Å². The molecule has 12 heavy (non-hydrogen) atoms. The van der Waals surface area contributed by atoms with Gasteiger partial charge in [0, 0.05) is 4.88 Å². The molecule has 0 amide bonds. The summed E-state index contributed by atoms with van der Waals surface area (Å²) in [7, 11) is 0. The highest BCUT2D eigenvalue weighted by atomic mass is 32.1. The minimum Gasteiger partial charge on any atom is -0.211 e. The van der Waals surface area contributed by atoms with Crippen LogP contribution in [0.4, 0.5) is 5.00 Å². The standard InChI is InChI=1S/C9H11NOS/c1-3-7-5-8(4-2)12-9(7)10-6-11/h5H,3-4H2,1-2H3. The highest BCUT2D eigenvalue weighted by molar-refractivity contribution is 7.16. The van der Waals surface area contributed by atoms with Crippen molar-refractivity contribution in [1.29, 1.82) is 0 Å². The molecule has 0 saturated heterocycles. The zero-order valence-electron chi connectivity index (χ0n) is 7.26. The number of rotatable bonds is 3. The van der Waals surface area contributed by atoms with Crippen LogP contribution in [0.25, 0.3) is 0 Å². The second-order valence-corrected chi connectivity index (χ2v) is 3.57. The summed E-state index contributed by atoms with van der Waals surface area (Å²) >= 11 is 1.58. The Hall–Kier alpha value is -0.920. The van der Waals surface area contributed by atoms with Crippen LogP contribution < -0.4 is 0 Å². The van der Waals surface area contributed by atoms with E-state index in [9.17, 15) is 4.79 Å². The van der Waals surface area contributed by atoms with Crippen LogP contribution >= 0.6 is 11.3 Å². The average molecular weight is 181 g/mol. The lowest BCUT2D eigenvalue weighted by molar-refractivity contribution is 0.565. The van der Waals surface area contributed by atoms with Gasteiger partial charge in [0.2, 0.25) is 6.08 Å². The summed E-state index contributed by atoms with van der Waals surface area (Å²) in [6, 6.07) is 2.11. The maximum atomic E-state index is 10.1. The zero-order valence-corrected chi connectivity index (χ0v) is 8.07. The number of hydrogen-bond acceptors (Lipinski definition) is 3. The minimum atomic E-state index is 0.823. The average Bonchev–Trinajstić information content (AvgIpc) is 2.48. The van der Waals surface area contributed by atoms with E-state index in [0.29, 0.717) is 0 Å². The van der Waals surface area contributed by atoms with Gasteiger partial charge in [0.25, 0.3) is 0 Å². The third-order valence-corrected chi connectivity index (χ3v) is 2.93. The molecular weight excluding hydrogens is 170 g/mol. The van der Waals surface area contributed by atoms with Gasteiger partial charge < -0.3 is 0 Å². The topological polar surface area (TPSA) is 29.4 Å². The molecule has 0 spiro atoms. The van der Waals surface area contributed by atoms with Gasteiger partial charge in [-0.25, -0.2) is 4.79 Å². The van der Waals surface area contributed by atoms with E-state index < -0.39 is 0 Å². The Bertz CT molecular complexity index is 310. The van der Waals surface area contributed by atoms with Crippen LogP contribution in [0.2, 0.25) is 0 Å². The van der Waals surface area contributed by atoms with Crippen LogP contribution in [-0.4, -0.2) is 6.08 Å². The van der Waals surface area contributed by atoms with E-state index in [1.54, 1.807) is 17.4 Å². The number of nitrogens with zero attached hydrogens (tertiary/aromatic N) is 1. The molecular formula is C9H11NOS. The van der Waals surface area contributed by atoms with Gasteiger partial charge in [0.05, 0.1) is 0 Å². The van der Waals surface area contributed by atoms with E-state index in [4.69, 9.17) is 0 Å². The van der Waals surface area contributed by atoms with Crippen LogP contribution in [-0.2, 0) is 17.6 Å². The second-order valence-electron chi connectivity index (χ2n) is 2.45. The summed E-state index contributed by atoms with van der Waals surface area (Å²) in [6.07, 6.45) is 3.52. The highest BCUT2D eigenvalue weighted by Crippen LogP contribution is 2.30. The van der Waals surface area contributed by atoms with Crippen molar-refractivity contribution in [3.63, 3.8) is 0 Å². The van der Waals surface area contributed by atoms with Gasteiger partial charge in [0.15, 0.2) is 0 Å². The molecule has 0 aliphatic rings. The molecule has 0 bridgehead atoms. The monoisotopic (exact) mass is 181 g/mol. The third kappa shape index (κ3) is 1.81. The van der Waals surface area contributed by atoms with Crippen molar-refractivity contribution < 1.29 is 4.79 Å². The Morgan fingerprint density at radius 2 is 2.25 bits per heavy atom. The van der Waals surface area contributed by atoms with Crippen molar-refractivity contribution in [3.05, 3.63) is 16.5 Å². The van der Waals surface area contributed by atoms with Crippen molar-refractivity contribution in [1.82, 2.24) is 0 Å². The molecule has 2 nitrogen and oxygen atoms in total. The molecule has 0 N–H and O–H groups in total. The summed E-state index contributed by atoms with van der Waals surface area (Å²) in [4.78, 5) is 15.0. The first-order chi connectivity index (χ1) is 5.81. The molecule has 0 atom stereocenters. The number of isocyanates is 1. The number of aliphatic imine (C=N–C) groups is 1. The van der Waals surface area contributed by atoms with Crippen molar-refractivity contribution in [2.45, 2.75) is 26.7 Å². The van der Waals surface area contributed by atoms with E-state index >= 15 is 0 Å². The van der Waals surface area contributed by atoms with Crippen LogP contribution in [0.15, 0.2) is 11.1 Å². The number of hydrogen-bond donors (Lipinski definition) is 0. The van der Waals surface area contributed by atoms with Gasteiger partial charge in [0.1, 0.15) is 5.00 Å². The number of aryl methyl sites for hydroxylation is 2. The van der Waals surface area contributed by atoms with Crippen molar-refractivity contribution >= 4 is 22.4 Å². The summed E-state index contributed by atoms with van der Waals surface area (Å²) in [5.41, 5.74) is 1.15. The maximum absolute atomic E-state index is 10.1. The molecule has 64 valence electrons.